The Kier molecular flexibility index (Phi) is 4.18. The second-order valence-corrected chi connectivity index (χ2v) is 7.20. The van der Waals surface area contributed by atoms with Crippen LogP contribution in [0.3, 0.4) is 0 Å². The lowest BCUT2D eigenvalue weighted by molar-refractivity contribution is -0.182. The molecular weight excluding hydrogens is 252 g/mol. The summed E-state index contributed by atoms with van der Waals surface area (Å²) >= 11 is 0. The van der Waals surface area contributed by atoms with E-state index in [2.05, 4.69) is 27.7 Å². The van der Waals surface area contributed by atoms with Gasteiger partial charge in [-0.05, 0) is 32.6 Å². The highest BCUT2D eigenvalue weighted by atomic mass is 16.5. The van der Waals surface area contributed by atoms with Gasteiger partial charge in [-0.25, -0.2) is 0 Å². The molecule has 0 aromatic heterocycles. The van der Waals surface area contributed by atoms with Gasteiger partial charge >= 0.3 is 0 Å². The number of amides is 1. The quantitative estimate of drug-likeness (QED) is 0.863. The summed E-state index contributed by atoms with van der Waals surface area (Å²) < 4.78 is 5.72. The zero-order valence-corrected chi connectivity index (χ0v) is 13.6. The molecule has 1 saturated heterocycles. The van der Waals surface area contributed by atoms with Crippen molar-refractivity contribution >= 4 is 5.91 Å². The third-order valence-electron chi connectivity index (χ3n) is 5.85. The zero-order chi connectivity index (χ0) is 15.1. The van der Waals surface area contributed by atoms with E-state index in [4.69, 9.17) is 10.5 Å². The maximum absolute atomic E-state index is 13.0. The molecule has 20 heavy (non-hydrogen) atoms. The van der Waals surface area contributed by atoms with E-state index in [9.17, 15) is 4.79 Å². The van der Waals surface area contributed by atoms with Gasteiger partial charge in [0.1, 0.15) is 5.54 Å². The number of hydrogen-bond acceptors (Lipinski definition) is 3. The molecule has 1 heterocycles. The van der Waals surface area contributed by atoms with Crippen molar-refractivity contribution in [1.82, 2.24) is 4.90 Å². The minimum Gasteiger partial charge on any atom is -0.378 e. The highest BCUT2D eigenvalue weighted by molar-refractivity contribution is 5.89. The van der Waals surface area contributed by atoms with Crippen LogP contribution in [0.5, 0.6) is 0 Å². The van der Waals surface area contributed by atoms with Crippen molar-refractivity contribution in [3.05, 3.63) is 0 Å². The van der Waals surface area contributed by atoms with Crippen molar-refractivity contribution in [2.24, 2.45) is 17.1 Å². The van der Waals surface area contributed by atoms with Crippen molar-refractivity contribution in [2.45, 2.75) is 71.6 Å². The van der Waals surface area contributed by atoms with Crippen LogP contribution < -0.4 is 5.73 Å². The molecule has 2 rings (SSSR count). The summed E-state index contributed by atoms with van der Waals surface area (Å²) in [5.41, 5.74) is 5.46. The highest BCUT2D eigenvalue weighted by Gasteiger charge is 2.64. The summed E-state index contributed by atoms with van der Waals surface area (Å²) in [4.78, 5) is 15.0. The Hall–Kier alpha value is -0.610. The predicted molar refractivity (Wildman–Crippen MR) is 80.3 cm³/mol. The number of nitrogens with zero attached hydrogens (tertiary/aromatic N) is 1. The van der Waals surface area contributed by atoms with Crippen LogP contribution in [0.25, 0.3) is 0 Å². The van der Waals surface area contributed by atoms with E-state index < -0.39 is 5.54 Å². The van der Waals surface area contributed by atoms with Gasteiger partial charge in [-0.15, -0.1) is 0 Å². The number of carbonyl (C=O) groups excluding carboxylic acids is 1. The zero-order valence-electron chi connectivity index (χ0n) is 13.6. The Morgan fingerprint density at radius 2 is 2.05 bits per heavy atom. The summed E-state index contributed by atoms with van der Waals surface area (Å²) in [6.45, 7) is 12.0. The second-order valence-electron chi connectivity index (χ2n) is 7.20. The Balaban J connectivity index is 2.13. The fourth-order valence-corrected chi connectivity index (χ4v) is 3.68. The molecule has 2 fully saturated rings. The number of rotatable bonds is 3. The van der Waals surface area contributed by atoms with Crippen LogP contribution in [0.15, 0.2) is 0 Å². The molecule has 2 N–H and O–H groups in total. The first-order valence-electron chi connectivity index (χ1n) is 7.97. The Labute approximate surface area is 123 Å². The standard InChI is InChI=1S/C16H30N2O2/c1-6-20-13-10-16(17,15(13,4)5)14(19)18-9-7-8-11(2)12(18)3/h11-13H,6-10,17H2,1-5H3. The van der Waals surface area contributed by atoms with Gasteiger partial charge in [0.15, 0.2) is 0 Å². The van der Waals surface area contributed by atoms with Crippen LogP contribution in [0.4, 0.5) is 0 Å². The molecule has 1 saturated carbocycles. The molecule has 116 valence electrons. The monoisotopic (exact) mass is 282 g/mol. The van der Waals surface area contributed by atoms with Crippen molar-refractivity contribution < 1.29 is 9.53 Å². The topological polar surface area (TPSA) is 55.6 Å². The van der Waals surface area contributed by atoms with Crippen molar-refractivity contribution in [2.75, 3.05) is 13.2 Å². The molecule has 4 atom stereocenters. The van der Waals surface area contributed by atoms with Crippen LogP contribution in [-0.4, -0.2) is 41.6 Å². The van der Waals surface area contributed by atoms with Crippen molar-refractivity contribution in [3.63, 3.8) is 0 Å². The number of piperidine rings is 1. The molecule has 1 aliphatic heterocycles. The van der Waals surface area contributed by atoms with Gasteiger partial charge < -0.3 is 15.4 Å². The van der Waals surface area contributed by atoms with E-state index in [0.29, 0.717) is 25.0 Å². The van der Waals surface area contributed by atoms with Gasteiger partial charge in [0, 0.05) is 31.0 Å². The Bertz CT molecular complexity index is 383. The van der Waals surface area contributed by atoms with E-state index in [0.717, 1.165) is 13.0 Å². The molecular formula is C16H30N2O2. The molecule has 0 aromatic carbocycles. The summed E-state index contributed by atoms with van der Waals surface area (Å²) in [7, 11) is 0. The van der Waals surface area contributed by atoms with Gasteiger partial charge in [-0.2, -0.15) is 0 Å². The summed E-state index contributed by atoms with van der Waals surface area (Å²) in [6, 6.07) is 0.290. The van der Waals surface area contributed by atoms with Crippen LogP contribution in [-0.2, 0) is 9.53 Å². The lowest BCUT2D eigenvalue weighted by Gasteiger charge is -2.59. The molecule has 0 bridgehead atoms. The normalized spacial score (nSPS) is 40.3. The summed E-state index contributed by atoms with van der Waals surface area (Å²) in [5, 5.41) is 0. The minimum atomic E-state index is -0.766. The molecule has 0 aromatic rings. The van der Waals surface area contributed by atoms with E-state index in [1.807, 2.05) is 11.8 Å². The van der Waals surface area contributed by atoms with Gasteiger partial charge in [0.05, 0.1) is 6.10 Å². The lowest BCUT2D eigenvalue weighted by Crippen LogP contribution is -2.76. The molecule has 0 radical (unpaired) electrons. The van der Waals surface area contributed by atoms with Gasteiger partial charge in [0.2, 0.25) is 5.91 Å². The molecule has 2 aliphatic rings. The number of nitrogens with two attached hydrogens (primary N) is 1. The van der Waals surface area contributed by atoms with Gasteiger partial charge in [-0.3, -0.25) is 4.79 Å². The number of carbonyl (C=O) groups is 1. The van der Waals surface area contributed by atoms with Crippen LogP contribution in [0.2, 0.25) is 0 Å². The number of likely N-dealkylation sites (tertiary alicyclic amines) is 1. The van der Waals surface area contributed by atoms with Crippen molar-refractivity contribution in [1.29, 1.82) is 0 Å². The largest absolute Gasteiger partial charge is 0.378 e. The first kappa shape index (κ1) is 15.8. The number of ether oxygens (including phenoxy) is 1. The third-order valence-corrected chi connectivity index (χ3v) is 5.85. The molecule has 4 heteroatoms. The third kappa shape index (κ3) is 2.17. The van der Waals surface area contributed by atoms with E-state index in [1.54, 1.807) is 0 Å². The average molecular weight is 282 g/mol. The van der Waals surface area contributed by atoms with Gasteiger partial charge in [0.25, 0.3) is 0 Å². The second kappa shape index (κ2) is 5.30. The molecule has 4 nitrogen and oxygen atoms in total. The molecule has 4 unspecified atom stereocenters. The Morgan fingerprint density at radius 1 is 1.40 bits per heavy atom. The molecule has 1 aliphatic carbocycles. The minimum absolute atomic E-state index is 0.0963. The van der Waals surface area contributed by atoms with Crippen LogP contribution in [0.1, 0.15) is 53.9 Å². The molecule has 0 spiro atoms. The number of hydrogen-bond donors (Lipinski definition) is 1. The van der Waals surface area contributed by atoms with Crippen LogP contribution in [0, 0.1) is 11.3 Å². The van der Waals surface area contributed by atoms with E-state index in [-0.39, 0.29) is 17.4 Å². The maximum atomic E-state index is 13.0. The molecule has 1 amide bonds. The SMILES string of the molecule is CCOC1CC(N)(C(=O)N2CCCC(C)C2C)C1(C)C. The van der Waals surface area contributed by atoms with Crippen molar-refractivity contribution in [3.8, 4) is 0 Å². The fraction of sp³-hybridized carbons (Fsp3) is 0.938. The first-order chi connectivity index (χ1) is 9.25. The summed E-state index contributed by atoms with van der Waals surface area (Å²) in [6.07, 6.45) is 3.03. The maximum Gasteiger partial charge on any atom is 0.243 e. The van der Waals surface area contributed by atoms with Crippen LogP contribution >= 0.6 is 0 Å². The first-order valence-corrected chi connectivity index (χ1v) is 7.97. The smallest absolute Gasteiger partial charge is 0.243 e. The van der Waals surface area contributed by atoms with Gasteiger partial charge in [-0.1, -0.05) is 20.8 Å². The van der Waals surface area contributed by atoms with E-state index in [1.165, 1.54) is 6.42 Å². The predicted octanol–water partition coefficient (Wildman–Crippen LogP) is 2.17. The average Bonchev–Trinajstić information content (AvgIpc) is 2.40. The lowest BCUT2D eigenvalue weighted by atomic mass is 9.54. The Morgan fingerprint density at radius 3 is 2.60 bits per heavy atom. The highest BCUT2D eigenvalue weighted by Crippen LogP contribution is 2.51. The summed E-state index contributed by atoms with van der Waals surface area (Å²) in [5.74, 6) is 0.680. The van der Waals surface area contributed by atoms with E-state index >= 15 is 0 Å². The fourth-order valence-electron chi connectivity index (χ4n) is 3.68.